The van der Waals surface area contributed by atoms with Crippen LogP contribution in [0.2, 0.25) is 0 Å². The number of rotatable bonds is 3. The van der Waals surface area contributed by atoms with Crippen molar-refractivity contribution in [2.45, 2.75) is 25.1 Å². The number of nitrogens with zero attached hydrogens (tertiary/aromatic N) is 1. The fraction of sp³-hybridized carbons (Fsp3) is 0.625. The van der Waals surface area contributed by atoms with Gasteiger partial charge in [0.1, 0.15) is 0 Å². The van der Waals surface area contributed by atoms with Crippen LogP contribution in [0.1, 0.15) is 19.8 Å². The lowest BCUT2D eigenvalue weighted by atomic mass is 10.2. The third kappa shape index (κ3) is 2.04. The summed E-state index contributed by atoms with van der Waals surface area (Å²) in [4.78, 5) is 34.4. The maximum absolute atomic E-state index is 11.4. The molecule has 4 amide bonds. The van der Waals surface area contributed by atoms with Crippen molar-refractivity contribution in [3.63, 3.8) is 0 Å². The number of hydrogen-bond acceptors (Lipinski definition) is 3. The molecule has 14 heavy (non-hydrogen) atoms. The fourth-order valence-corrected chi connectivity index (χ4v) is 1.29. The van der Waals surface area contributed by atoms with Gasteiger partial charge in [0.25, 0.3) is 11.8 Å². The number of hydrogen-bond donors (Lipinski definition) is 1. The van der Waals surface area contributed by atoms with Crippen LogP contribution in [0.15, 0.2) is 0 Å². The average Bonchev–Trinajstić information content (AvgIpc) is 2.14. The molecule has 0 aromatic heterocycles. The van der Waals surface area contributed by atoms with E-state index in [2.05, 4.69) is 0 Å². The Balaban J connectivity index is 2.69. The molecule has 0 saturated carbocycles. The van der Waals surface area contributed by atoms with E-state index in [4.69, 9.17) is 11.6 Å². The summed E-state index contributed by atoms with van der Waals surface area (Å²) in [5.41, 5.74) is 0. The Morgan fingerprint density at radius 1 is 1.43 bits per heavy atom. The predicted octanol–water partition coefficient (Wildman–Crippen LogP) is 0.472. The highest BCUT2D eigenvalue weighted by Gasteiger charge is 2.38. The predicted molar refractivity (Wildman–Crippen MR) is 49.8 cm³/mol. The highest BCUT2D eigenvalue weighted by atomic mass is 35.5. The Morgan fingerprint density at radius 2 is 2.07 bits per heavy atom. The van der Waals surface area contributed by atoms with Gasteiger partial charge in [-0.3, -0.25) is 19.8 Å². The van der Waals surface area contributed by atoms with Gasteiger partial charge in [0.15, 0.2) is 5.38 Å². The minimum absolute atomic E-state index is 0.303. The molecule has 0 radical (unpaired) electrons. The van der Waals surface area contributed by atoms with E-state index >= 15 is 0 Å². The number of unbranched alkanes of at least 4 members (excludes halogenated alkanes) is 1. The van der Waals surface area contributed by atoms with E-state index in [9.17, 15) is 14.4 Å². The lowest BCUT2D eigenvalue weighted by Crippen LogP contribution is -2.58. The van der Waals surface area contributed by atoms with Crippen molar-refractivity contribution < 1.29 is 14.4 Å². The van der Waals surface area contributed by atoms with Crippen molar-refractivity contribution in [3.05, 3.63) is 0 Å². The first-order chi connectivity index (χ1) is 6.57. The van der Waals surface area contributed by atoms with Gasteiger partial charge >= 0.3 is 6.03 Å². The second kappa shape index (κ2) is 4.41. The molecule has 1 N–H and O–H groups in total. The molecule has 5 nitrogen and oxygen atoms in total. The van der Waals surface area contributed by atoms with Crippen molar-refractivity contribution in [1.29, 1.82) is 0 Å². The number of barbiturate groups is 1. The first-order valence-corrected chi connectivity index (χ1v) is 4.81. The van der Waals surface area contributed by atoms with Gasteiger partial charge in [-0.25, -0.2) is 4.79 Å². The molecule has 1 fully saturated rings. The second-order valence-electron chi connectivity index (χ2n) is 3.00. The number of nitrogens with one attached hydrogen (secondary N) is 1. The smallest absolute Gasteiger partial charge is 0.276 e. The molecule has 0 bridgehead atoms. The molecule has 6 heteroatoms. The zero-order valence-electron chi connectivity index (χ0n) is 7.75. The summed E-state index contributed by atoms with van der Waals surface area (Å²) in [6, 6.07) is -0.676. The second-order valence-corrected chi connectivity index (χ2v) is 3.44. The van der Waals surface area contributed by atoms with E-state index < -0.39 is 23.2 Å². The topological polar surface area (TPSA) is 66.5 Å². The third-order valence-electron chi connectivity index (χ3n) is 1.92. The summed E-state index contributed by atoms with van der Waals surface area (Å²) in [6.45, 7) is 2.24. The third-order valence-corrected chi connectivity index (χ3v) is 2.31. The molecule has 0 spiro atoms. The normalized spacial score (nSPS) is 22.6. The van der Waals surface area contributed by atoms with E-state index in [0.717, 1.165) is 11.3 Å². The highest BCUT2D eigenvalue weighted by Crippen LogP contribution is 2.10. The molecule has 1 unspecified atom stereocenters. The Hall–Kier alpha value is -1.10. The van der Waals surface area contributed by atoms with E-state index in [1.807, 2.05) is 12.2 Å². The lowest BCUT2D eigenvalue weighted by Gasteiger charge is -2.27. The van der Waals surface area contributed by atoms with E-state index in [1.165, 1.54) is 0 Å². The van der Waals surface area contributed by atoms with Crippen LogP contribution in [0.25, 0.3) is 0 Å². The quantitative estimate of drug-likeness (QED) is 0.553. The summed E-state index contributed by atoms with van der Waals surface area (Å²) in [5.74, 6) is -1.37. The summed E-state index contributed by atoms with van der Waals surface area (Å²) in [5, 5.41) is 0.740. The number of carbonyl (C=O) groups is 3. The first kappa shape index (κ1) is 11.0. The minimum Gasteiger partial charge on any atom is -0.276 e. The van der Waals surface area contributed by atoms with Gasteiger partial charge in [0.05, 0.1) is 0 Å². The number of alkyl halides is 1. The summed E-state index contributed by atoms with van der Waals surface area (Å²) < 4.78 is 0. The first-order valence-electron chi connectivity index (χ1n) is 4.38. The maximum Gasteiger partial charge on any atom is 0.330 e. The van der Waals surface area contributed by atoms with Gasteiger partial charge in [-0.2, -0.15) is 0 Å². The molecule has 1 aliphatic rings. The molecule has 78 valence electrons. The van der Waals surface area contributed by atoms with Crippen LogP contribution in [-0.2, 0) is 9.59 Å². The zero-order chi connectivity index (χ0) is 10.7. The molecule has 0 aromatic carbocycles. The number of carbonyl (C=O) groups excluding carboxylic acids is 3. The van der Waals surface area contributed by atoms with Gasteiger partial charge in [0, 0.05) is 6.54 Å². The van der Waals surface area contributed by atoms with Gasteiger partial charge in [-0.05, 0) is 6.42 Å². The fourth-order valence-electron chi connectivity index (χ4n) is 1.11. The minimum atomic E-state index is -1.27. The average molecular weight is 219 g/mol. The molecule has 1 atom stereocenters. The van der Waals surface area contributed by atoms with Crippen LogP contribution in [0.5, 0.6) is 0 Å². The molecular weight excluding hydrogens is 208 g/mol. The number of imide groups is 2. The van der Waals surface area contributed by atoms with Crippen molar-refractivity contribution in [2.75, 3.05) is 6.54 Å². The Labute approximate surface area is 86.4 Å². The van der Waals surface area contributed by atoms with Crippen LogP contribution in [0.4, 0.5) is 4.79 Å². The summed E-state index contributed by atoms with van der Waals surface area (Å²) in [7, 11) is 0. The highest BCUT2D eigenvalue weighted by molar-refractivity contribution is 6.44. The standard InChI is InChI=1S/C8H11ClN2O3/c1-2-3-4-11-7(13)5(9)6(12)10-8(11)14/h5H,2-4H2,1H3,(H,10,12,14). The molecule has 1 saturated heterocycles. The Bertz CT molecular complexity index is 280. The van der Waals surface area contributed by atoms with Crippen LogP contribution < -0.4 is 5.32 Å². The van der Waals surface area contributed by atoms with Gasteiger partial charge in [-0.15, -0.1) is 11.6 Å². The number of urea groups is 1. The Kier molecular flexibility index (Phi) is 3.46. The van der Waals surface area contributed by atoms with E-state index in [-0.39, 0.29) is 0 Å². The maximum atomic E-state index is 11.4. The van der Waals surface area contributed by atoms with E-state index in [1.54, 1.807) is 0 Å². The van der Waals surface area contributed by atoms with Gasteiger partial charge < -0.3 is 0 Å². The van der Waals surface area contributed by atoms with Crippen LogP contribution in [0.3, 0.4) is 0 Å². The Morgan fingerprint density at radius 3 is 2.64 bits per heavy atom. The van der Waals surface area contributed by atoms with Crippen molar-refractivity contribution in [2.24, 2.45) is 0 Å². The van der Waals surface area contributed by atoms with Crippen LogP contribution >= 0.6 is 11.6 Å². The number of halogens is 1. The lowest BCUT2D eigenvalue weighted by molar-refractivity contribution is -0.135. The van der Waals surface area contributed by atoms with Crippen molar-refractivity contribution in [3.8, 4) is 0 Å². The molecular formula is C8H11ClN2O3. The van der Waals surface area contributed by atoms with Crippen molar-refractivity contribution in [1.82, 2.24) is 10.2 Å². The monoisotopic (exact) mass is 218 g/mol. The molecule has 1 aliphatic heterocycles. The molecule has 0 aliphatic carbocycles. The van der Waals surface area contributed by atoms with Crippen LogP contribution in [-0.4, -0.2) is 34.7 Å². The SMILES string of the molecule is CCCCN1C(=O)NC(=O)C(Cl)C1=O. The summed E-state index contributed by atoms with van der Waals surface area (Å²) >= 11 is 5.50. The molecule has 1 heterocycles. The zero-order valence-corrected chi connectivity index (χ0v) is 8.50. The summed E-state index contributed by atoms with van der Waals surface area (Å²) in [6.07, 6.45) is 1.56. The number of amides is 4. The molecule has 0 aromatic rings. The van der Waals surface area contributed by atoms with Gasteiger partial charge in [0.2, 0.25) is 0 Å². The largest absolute Gasteiger partial charge is 0.330 e. The van der Waals surface area contributed by atoms with Crippen molar-refractivity contribution >= 4 is 29.4 Å². The van der Waals surface area contributed by atoms with Crippen LogP contribution in [0, 0.1) is 0 Å². The van der Waals surface area contributed by atoms with E-state index in [0.29, 0.717) is 13.0 Å². The molecule has 1 rings (SSSR count). The van der Waals surface area contributed by atoms with Gasteiger partial charge in [-0.1, -0.05) is 13.3 Å².